The number of hydrogen-bond donors (Lipinski definition) is 1. The maximum absolute atomic E-state index is 10.4. The highest BCUT2D eigenvalue weighted by atomic mass is 32.2. The van der Waals surface area contributed by atoms with Gasteiger partial charge in [-0.05, 0) is 0 Å². The van der Waals surface area contributed by atoms with Gasteiger partial charge in [0.1, 0.15) is 0 Å². The lowest BCUT2D eigenvalue weighted by atomic mass is 10.4. The Hall–Kier alpha value is -1.74. The van der Waals surface area contributed by atoms with Gasteiger partial charge >= 0.3 is 0 Å². The minimum absolute atomic E-state index is 0.0669. The smallest absolute Gasteiger partial charge is 0.281 e. The molecule has 0 atom stereocenters. The van der Waals surface area contributed by atoms with Gasteiger partial charge in [0.25, 0.3) is 15.8 Å². The lowest BCUT2D eigenvalue weighted by Crippen LogP contribution is -2.42. The third-order valence-electron chi connectivity index (χ3n) is 1.78. The molecule has 94 valence electrons. The van der Waals surface area contributed by atoms with Gasteiger partial charge in [0.2, 0.25) is 12.4 Å². The molecule has 0 aromatic carbocycles. The highest BCUT2D eigenvalue weighted by molar-refractivity contribution is 7.85. The predicted octanol–water partition coefficient (Wildman–Crippen LogP) is -0.411. The van der Waals surface area contributed by atoms with Crippen LogP contribution >= 0.6 is 0 Å². The number of aromatic nitrogens is 1. The maximum Gasteiger partial charge on any atom is 0.281 e. The Bertz CT molecular complexity index is 483. The summed E-state index contributed by atoms with van der Waals surface area (Å²) in [6.45, 7) is 0.0717. The molecule has 1 N–H and O–H groups in total. The van der Waals surface area contributed by atoms with Crippen LogP contribution < -0.4 is 9.57 Å². The van der Waals surface area contributed by atoms with Gasteiger partial charge in [-0.3, -0.25) is 19.5 Å². The van der Waals surface area contributed by atoms with Gasteiger partial charge in [-0.25, -0.2) is 0 Å². The van der Waals surface area contributed by atoms with Crippen LogP contribution in [0.4, 0.5) is 5.69 Å². The number of rotatable bonds is 6. The van der Waals surface area contributed by atoms with Gasteiger partial charge in [-0.1, -0.05) is 0 Å². The molecule has 0 aliphatic carbocycles. The molecule has 0 radical (unpaired) electrons. The molecule has 0 bridgehead atoms. The molecule has 1 aromatic heterocycles. The third-order valence-corrected chi connectivity index (χ3v) is 2.59. The summed E-state index contributed by atoms with van der Waals surface area (Å²) in [6, 6.07) is 2.51. The van der Waals surface area contributed by atoms with Crippen molar-refractivity contribution in [2.24, 2.45) is 0 Å². The molecule has 8 nitrogen and oxygen atoms in total. The highest BCUT2D eigenvalue weighted by Gasteiger charge is 2.10. The van der Waals surface area contributed by atoms with Crippen LogP contribution in [-0.2, 0) is 10.1 Å². The Morgan fingerprint density at radius 3 is 2.47 bits per heavy atom. The highest BCUT2D eigenvalue weighted by Crippen LogP contribution is 2.04. The molecule has 17 heavy (non-hydrogen) atoms. The van der Waals surface area contributed by atoms with E-state index in [0.29, 0.717) is 0 Å². The summed E-state index contributed by atoms with van der Waals surface area (Å²) in [5.41, 5.74) is -0.0669. The molecule has 9 heteroatoms. The molecule has 1 heterocycles. The van der Waals surface area contributed by atoms with Gasteiger partial charge < -0.3 is 0 Å². The average molecular weight is 263 g/mol. The van der Waals surface area contributed by atoms with E-state index in [9.17, 15) is 18.5 Å². The van der Waals surface area contributed by atoms with Crippen LogP contribution in [-0.4, -0.2) is 30.3 Å². The monoisotopic (exact) mass is 263 g/mol. The second kappa shape index (κ2) is 5.55. The summed E-state index contributed by atoms with van der Waals surface area (Å²) in [5.74, 6) is -0.388. The van der Waals surface area contributed by atoms with E-state index >= 15 is 0 Å². The number of pyridine rings is 1. The Morgan fingerprint density at radius 1 is 1.41 bits per heavy atom. The predicted molar refractivity (Wildman–Crippen MR) is 55.8 cm³/mol. The van der Waals surface area contributed by atoms with Crippen molar-refractivity contribution in [1.82, 2.24) is 0 Å². The summed E-state index contributed by atoms with van der Waals surface area (Å²) >= 11 is 0. The van der Waals surface area contributed by atoms with E-state index < -0.39 is 15.0 Å². The van der Waals surface area contributed by atoms with Gasteiger partial charge in [0.15, 0.2) is 6.61 Å². The van der Waals surface area contributed by atoms with E-state index in [0.717, 1.165) is 0 Å². The molecule has 0 unspecified atom stereocenters. The first-order valence-electron chi connectivity index (χ1n) is 4.63. The van der Waals surface area contributed by atoms with E-state index in [4.69, 9.17) is 9.39 Å². The standard InChI is InChI=1S/C8H10N2O6S/c11-10(12)8-2-4-9(5-3-8)16-6-1-7-17(13,14)15/h2-5H,1,6-7H2/p+1. The van der Waals surface area contributed by atoms with Crippen LogP contribution in [0.2, 0.25) is 0 Å². The summed E-state index contributed by atoms with van der Waals surface area (Å²) in [6.07, 6.45) is 2.81. The molecule has 0 fully saturated rings. The largest absolute Gasteiger partial charge is 0.286 e. The van der Waals surface area contributed by atoms with Crippen LogP contribution in [0, 0.1) is 10.1 Å². The van der Waals surface area contributed by atoms with E-state index in [-0.39, 0.29) is 24.5 Å². The normalized spacial score (nSPS) is 11.1. The van der Waals surface area contributed by atoms with Crippen molar-refractivity contribution in [3.63, 3.8) is 0 Å². The third kappa shape index (κ3) is 5.22. The maximum atomic E-state index is 10.4. The minimum atomic E-state index is -3.98. The fourth-order valence-corrected chi connectivity index (χ4v) is 1.51. The molecule has 1 rings (SSSR count). The van der Waals surface area contributed by atoms with E-state index in [1.54, 1.807) is 0 Å². The number of nitrogens with zero attached hydrogens (tertiary/aromatic N) is 2. The summed E-state index contributed by atoms with van der Waals surface area (Å²) in [5, 5.41) is 10.3. The van der Waals surface area contributed by atoms with Gasteiger partial charge in [-0.15, -0.1) is 0 Å². The molecule has 0 spiro atoms. The molecular formula is C8H11N2O6S+. The van der Waals surface area contributed by atoms with Crippen LogP contribution in [0.1, 0.15) is 6.42 Å². The van der Waals surface area contributed by atoms with Crippen molar-refractivity contribution >= 4 is 15.8 Å². The van der Waals surface area contributed by atoms with Crippen LogP contribution in [0.15, 0.2) is 24.5 Å². The first kappa shape index (κ1) is 13.3. The molecule has 0 aliphatic heterocycles. The summed E-state index contributed by atoms with van der Waals surface area (Å²) in [7, 11) is -3.98. The zero-order valence-electron chi connectivity index (χ0n) is 8.72. The number of nitro groups is 1. The first-order chi connectivity index (χ1) is 7.88. The van der Waals surface area contributed by atoms with E-state index in [1.165, 1.54) is 29.3 Å². The van der Waals surface area contributed by atoms with Crippen LogP contribution in [0.3, 0.4) is 0 Å². The second-order valence-corrected chi connectivity index (χ2v) is 4.72. The van der Waals surface area contributed by atoms with E-state index in [1.807, 2.05) is 0 Å². The summed E-state index contributed by atoms with van der Waals surface area (Å²) < 4.78 is 30.4. The van der Waals surface area contributed by atoms with Gasteiger partial charge in [-0.2, -0.15) is 8.42 Å². The molecule has 1 aromatic rings. The van der Waals surface area contributed by atoms with Crippen molar-refractivity contribution in [3.05, 3.63) is 34.6 Å². The van der Waals surface area contributed by atoms with Crippen molar-refractivity contribution in [2.45, 2.75) is 6.42 Å². The molecule has 0 amide bonds. The van der Waals surface area contributed by atoms with Crippen molar-refractivity contribution < 1.29 is 27.5 Å². The van der Waals surface area contributed by atoms with Crippen molar-refractivity contribution in [1.29, 1.82) is 0 Å². The first-order valence-corrected chi connectivity index (χ1v) is 6.23. The van der Waals surface area contributed by atoms with Crippen LogP contribution in [0.25, 0.3) is 0 Å². The zero-order valence-corrected chi connectivity index (χ0v) is 9.54. The van der Waals surface area contributed by atoms with Crippen LogP contribution in [0.5, 0.6) is 0 Å². The fraction of sp³-hybridized carbons (Fsp3) is 0.375. The molecule has 0 saturated carbocycles. The van der Waals surface area contributed by atoms with E-state index in [2.05, 4.69) is 0 Å². The molecular weight excluding hydrogens is 252 g/mol. The Kier molecular flexibility index (Phi) is 4.35. The Balaban J connectivity index is 2.40. The second-order valence-electron chi connectivity index (χ2n) is 3.15. The topological polar surface area (TPSA) is 111 Å². The quantitative estimate of drug-likeness (QED) is 0.245. The van der Waals surface area contributed by atoms with Gasteiger partial charge in [0, 0.05) is 11.2 Å². The minimum Gasteiger partial charge on any atom is -0.286 e. The number of hydrogen-bond acceptors (Lipinski definition) is 5. The van der Waals surface area contributed by atoms with Crippen molar-refractivity contribution in [2.75, 3.05) is 12.4 Å². The lowest BCUT2D eigenvalue weighted by Gasteiger charge is -1.97. The SMILES string of the molecule is O=[N+]([O-])c1cc[n+](OCCCS(=O)(=O)O)cc1. The molecule has 0 aliphatic rings. The zero-order chi connectivity index (χ0) is 12.9. The Morgan fingerprint density at radius 2 is 2.00 bits per heavy atom. The fourth-order valence-electron chi connectivity index (χ4n) is 1.02. The van der Waals surface area contributed by atoms with Gasteiger partial charge in [0.05, 0.1) is 22.8 Å². The lowest BCUT2D eigenvalue weighted by molar-refractivity contribution is -0.891. The van der Waals surface area contributed by atoms with Crippen molar-refractivity contribution in [3.8, 4) is 0 Å². The summed E-state index contributed by atoms with van der Waals surface area (Å²) in [4.78, 5) is 14.9. The average Bonchev–Trinajstić information content (AvgIpc) is 2.24. The Labute approximate surface area is 97.3 Å². The molecule has 0 saturated heterocycles.